The Balaban J connectivity index is 2.03. The highest BCUT2D eigenvalue weighted by atomic mass is 19.1. The van der Waals surface area contributed by atoms with Gasteiger partial charge in [0.15, 0.2) is 0 Å². The Kier molecular flexibility index (Phi) is 4.72. The smallest absolute Gasteiger partial charge is 0.126 e. The summed E-state index contributed by atoms with van der Waals surface area (Å²) in [5, 5.41) is 0. The molecule has 0 radical (unpaired) electrons. The molecule has 3 heteroatoms. The van der Waals surface area contributed by atoms with Crippen LogP contribution in [0.5, 0.6) is 0 Å². The topological polar surface area (TPSA) is 29.3 Å². The van der Waals surface area contributed by atoms with E-state index in [2.05, 4.69) is 11.8 Å². The highest BCUT2D eigenvalue weighted by Crippen LogP contribution is 2.22. The number of rotatable bonds is 4. The van der Waals surface area contributed by atoms with Crippen molar-refractivity contribution in [3.05, 3.63) is 35.6 Å². The van der Waals surface area contributed by atoms with Crippen molar-refractivity contribution in [2.75, 3.05) is 26.2 Å². The van der Waals surface area contributed by atoms with Crippen molar-refractivity contribution in [2.24, 2.45) is 11.7 Å². The third-order valence-electron chi connectivity index (χ3n) is 3.85. The van der Waals surface area contributed by atoms with Crippen molar-refractivity contribution in [3.8, 4) is 0 Å². The minimum Gasteiger partial charge on any atom is -0.330 e. The Morgan fingerprint density at radius 1 is 1.44 bits per heavy atom. The molecule has 0 aliphatic carbocycles. The lowest BCUT2D eigenvalue weighted by Gasteiger charge is -2.33. The van der Waals surface area contributed by atoms with E-state index in [0.29, 0.717) is 6.54 Å². The van der Waals surface area contributed by atoms with Crippen molar-refractivity contribution in [1.82, 2.24) is 4.90 Å². The van der Waals surface area contributed by atoms with E-state index in [1.165, 1.54) is 18.9 Å². The zero-order chi connectivity index (χ0) is 13.0. The summed E-state index contributed by atoms with van der Waals surface area (Å²) in [5.41, 5.74) is 6.59. The molecule has 1 aromatic carbocycles. The van der Waals surface area contributed by atoms with Crippen LogP contribution < -0.4 is 5.73 Å². The predicted octanol–water partition coefficient (Wildman–Crippen LogP) is 2.60. The average molecular weight is 250 g/mol. The molecule has 1 saturated heterocycles. The molecule has 1 aromatic rings. The van der Waals surface area contributed by atoms with Crippen LogP contribution in [0.1, 0.15) is 31.2 Å². The summed E-state index contributed by atoms with van der Waals surface area (Å²) >= 11 is 0. The van der Waals surface area contributed by atoms with Crippen molar-refractivity contribution in [2.45, 2.75) is 25.7 Å². The van der Waals surface area contributed by atoms with Gasteiger partial charge in [-0.2, -0.15) is 0 Å². The van der Waals surface area contributed by atoms with E-state index in [0.717, 1.165) is 31.1 Å². The van der Waals surface area contributed by atoms with E-state index < -0.39 is 0 Å². The van der Waals surface area contributed by atoms with Crippen LogP contribution in [-0.4, -0.2) is 31.1 Å². The highest BCUT2D eigenvalue weighted by Gasteiger charge is 2.21. The van der Waals surface area contributed by atoms with Crippen LogP contribution in [-0.2, 0) is 0 Å². The predicted molar refractivity (Wildman–Crippen MR) is 73.0 cm³/mol. The van der Waals surface area contributed by atoms with Gasteiger partial charge in [-0.1, -0.05) is 25.1 Å². The van der Waals surface area contributed by atoms with Gasteiger partial charge in [0.2, 0.25) is 0 Å². The Morgan fingerprint density at radius 3 is 2.89 bits per heavy atom. The van der Waals surface area contributed by atoms with E-state index in [1.807, 2.05) is 12.1 Å². The Labute approximate surface area is 109 Å². The molecule has 1 heterocycles. The molecule has 1 aliphatic rings. The molecule has 2 rings (SSSR count). The summed E-state index contributed by atoms with van der Waals surface area (Å²) < 4.78 is 13.8. The molecule has 100 valence electrons. The van der Waals surface area contributed by atoms with Gasteiger partial charge in [0, 0.05) is 25.6 Å². The van der Waals surface area contributed by atoms with Crippen LogP contribution in [0.15, 0.2) is 24.3 Å². The van der Waals surface area contributed by atoms with Gasteiger partial charge < -0.3 is 10.6 Å². The number of nitrogens with two attached hydrogens (primary N) is 1. The number of nitrogens with zero attached hydrogens (tertiary/aromatic N) is 1. The van der Waals surface area contributed by atoms with Crippen LogP contribution in [0.2, 0.25) is 0 Å². The Morgan fingerprint density at radius 2 is 2.22 bits per heavy atom. The molecule has 18 heavy (non-hydrogen) atoms. The summed E-state index contributed by atoms with van der Waals surface area (Å²) in [6.07, 6.45) is 2.55. The fourth-order valence-corrected chi connectivity index (χ4v) is 2.87. The number of hydrogen-bond donors (Lipinski definition) is 1. The zero-order valence-electron chi connectivity index (χ0n) is 11.1. The zero-order valence-corrected chi connectivity index (χ0v) is 11.1. The molecule has 0 spiro atoms. The quantitative estimate of drug-likeness (QED) is 0.890. The normalized spacial score (nSPS) is 22.9. The van der Waals surface area contributed by atoms with Crippen LogP contribution in [0.25, 0.3) is 0 Å². The van der Waals surface area contributed by atoms with Gasteiger partial charge in [-0.15, -0.1) is 0 Å². The Bertz CT molecular complexity index is 381. The van der Waals surface area contributed by atoms with Crippen LogP contribution in [0.4, 0.5) is 4.39 Å². The first kappa shape index (κ1) is 13.5. The minimum atomic E-state index is -0.127. The minimum absolute atomic E-state index is 0.108. The molecule has 0 bridgehead atoms. The van der Waals surface area contributed by atoms with E-state index in [1.54, 1.807) is 6.07 Å². The molecular formula is C15H23FN2. The van der Waals surface area contributed by atoms with E-state index >= 15 is 0 Å². The SMILES string of the molecule is CC1CCCN(CC(CN)c2ccccc2F)C1. The summed E-state index contributed by atoms with van der Waals surface area (Å²) in [6, 6.07) is 7.01. The second kappa shape index (κ2) is 6.30. The summed E-state index contributed by atoms with van der Waals surface area (Å²) in [4.78, 5) is 2.43. The molecule has 2 nitrogen and oxygen atoms in total. The van der Waals surface area contributed by atoms with Gasteiger partial charge in [-0.3, -0.25) is 0 Å². The third-order valence-corrected chi connectivity index (χ3v) is 3.85. The van der Waals surface area contributed by atoms with Gasteiger partial charge in [-0.05, 0) is 36.9 Å². The van der Waals surface area contributed by atoms with E-state index in [9.17, 15) is 4.39 Å². The standard InChI is InChI=1S/C15H23FN2/c1-12-5-4-8-18(10-12)11-13(9-17)14-6-2-3-7-15(14)16/h2-3,6-7,12-13H,4-5,8-11,17H2,1H3. The van der Waals surface area contributed by atoms with Gasteiger partial charge in [0.05, 0.1) is 0 Å². The summed E-state index contributed by atoms with van der Waals surface area (Å²) in [7, 11) is 0. The van der Waals surface area contributed by atoms with Gasteiger partial charge in [0.25, 0.3) is 0 Å². The second-order valence-electron chi connectivity index (χ2n) is 5.46. The molecule has 2 unspecified atom stereocenters. The lowest BCUT2D eigenvalue weighted by Crippen LogP contribution is -2.38. The fraction of sp³-hybridized carbons (Fsp3) is 0.600. The van der Waals surface area contributed by atoms with Crippen molar-refractivity contribution < 1.29 is 4.39 Å². The largest absolute Gasteiger partial charge is 0.330 e. The lowest BCUT2D eigenvalue weighted by molar-refractivity contribution is 0.174. The van der Waals surface area contributed by atoms with Crippen molar-refractivity contribution in [1.29, 1.82) is 0 Å². The molecule has 0 aromatic heterocycles. The maximum atomic E-state index is 13.8. The first-order valence-electron chi connectivity index (χ1n) is 6.87. The van der Waals surface area contributed by atoms with Gasteiger partial charge >= 0.3 is 0 Å². The molecule has 2 atom stereocenters. The number of hydrogen-bond acceptors (Lipinski definition) is 2. The maximum absolute atomic E-state index is 13.8. The molecule has 0 amide bonds. The first-order valence-corrected chi connectivity index (χ1v) is 6.87. The Hall–Kier alpha value is -0.930. The highest BCUT2D eigenvalue weighted by molar-refractivity contribution is 5.22. The van der Waals surface area contributed by atoms with Crippen molar-refractivity contribution in [3.63, 3.8) is 0 Å². The second-order valence-corrected chi connectivity index (χ2v) is 5.46. The van der Waals surface area contributed by atoms with Crippen LogP contribution in [0.3, 0.4) is 0 Å². The molecule has 1 fully saturated rings. The summed E-state index contributed by atoms with van der Waals surface area (Å²) in [5.74, 6) is 0.729. The number of halogens is 1. The number of piperidine rings is 1. The van der Waals surface area contributed by atoms with Gasteiger partial charge in [0.1, 0.15) is 5.82 Å². The average Bonchev–Trinajstić information content (AvgIpc) is 2.37. The molecule has 1 aliphatic heterocycles. The van der Waals surface area contributed by atoms with Crippen molar-refractivity contribution >= 4 is 0 Å². The summed E-state index contributed by atoms with van der Waals surface area (Å²) in [6.45, 7) is 5.90. The molecular weight excluding hydrogens is 227 g/mol. The maximum Gasteiger partial charge on any atom is 0.126 e. The lowest BCUT2D eigenvalue weighted by atomic mass is 9.95. The van der Waals surface area contributed by atoms with E-state index in [4.69, 9.17) is 5.73 Å². The van der Waals surface area contributed by atoms with Crippen LogP contribution >= 0.6 is 0 Å². The van der Waals surface area contributed by atoms with Crippen LogP contribution in [0, 0.1) is 11.7 Å². The first-order chi connectivity index (χ1) is 8.70. The number of likely N-dealkylation sites (tertiary alicyclic amines) is 1. The number of benzene rings is 1. The van der Waals surface area contributed by atoms with E-state index in [-0.39, 0.29) is 11.7 Å². The fourth-order valence-electron chi connectivity index (χ4n) is 2.87. The van der Waals surface area contributed by atoms with Gasteiger partial charge in [-0.25, -0.2) is 4.39 Å². The molecule has 0 saturated carbocycles. The monoisotopic (exact) mass is 250 g/mol. The third kappa shape index (κ3) is 3.30. The molecule has 2 N–H and O–H groups in total.